The minimum atomic E-state index is 0.563. The van der Waals surface area contributed by atoms with Gasteiger partial charge >= 0.3 is 0 Å². The first-order chi connectivity index (χ1) is 9.28. The van der Waals surface area contributed by atoms with Crippen LogP contribution in [0.25, 0.3) is 11.4 Å². The van der Waals surface area contributed by atoms with Crippen molar-refractivity contribution < 1.29 is 9.47 Å². The molecule has 6 heteroatoms. The van der Waals surface area contributed by atoms with E-state index in [1.807, 2.05) is 25.2 Å². The average molecular weight is 260 g/mol. The number of ether oxygens (including phenoxy) is 2. The lowest BCUT2D eigenvalue weighted by Gasteiger charge is -2.18. The number of fused-ring (bicyclic) bond motifs is 1. The Kier molecular flexibility index (Phi) is 3.08. The average Bonchev–Trinajstić information content (AvgIpc) is 2.80. The summed E-state index contributed by atoms with van der Waals surface area (Å²) in [4.78, 5) is 4.49. The van der Waals surface area contributed by atoms with E-state index in [-0.39, 0.29) is 0 Å². The first-order valence-electron chi connectivity index (χ1n) is 6.28. The molecule has 0 atom stereocenters. The van der Waals surface area contributed by atoms with Crippen LogP contribution < -0.4 is 15.2 Å². The molecule has 1 aromatic carbocycles. The number of rotatable bonds is 3. The van der Waals surface area contributed by atoms with Crippen LogP contribution in [-0.4, -0.2) is 34.5 Å². The van der Waals surface area contributed by atoms with Gasteiger partial charge in [-0.15, -0.1) is 0 Å². The van der Waals surface area contributed by atoms with Crippen LogP contribution in [0.15, 0.2) is 18.2 Å². The third-order valence-corrected chi connectivity index (χ3v) is 3.02. The van der Waals surface area contributed by atoms with Crippen LogP contribution in [0, 0.1) is 0 Å². The summed E-state index contributed by atoms with van der Waals surface area (Å²) in [6.45, 7) is 1.73. The highest BCUT2D eigenvalue weighted by atomic mass is 16.6. The zero-order valence-electron chi connectivity index (χ0n) is 10.8. The van der Waals surface area contributed by atoms with E-state index in [2.05, 4.69) is 10.1 Å². The van der Waals surface area contributed by atoms with E-state index >= 15 is 0 Å². The van der Waals surface area contributed by atoms with Crippen LogP contribution in [0.4, 0.5) is 0 Å². The molecule has 0 unspecified atom stereocenters. The SMILES string of the molecule is Cn1nc(-c2ccc3c(c2)OCCO3)nc1CCN. The lowest BCUT2D eigenvalue weighted by Crippen LogP contribution is -2.15. The van der Waals surface area contributed by atoms with Crippen molar-refractivity contribution in [1.29, 1.82) is 0 Å². The lowest BCUT2D eigenvalue weighted by molar-refractivity contribution is 0.171. The van der Waals surface area contributed by atoms with E-state index in [9.17, 15) is 0 Å². The summed E-state index contributed by atoms with van der Waals surface area (Å²) in [6.07, 6.45) is 0.716. The highest BCUT2D eigenvalue weighted by Gasteiger charge is 2.15. The molecule has 0 spiro atoms. The Bertz CT molecular complexity index is 594. The van der Waals surface area contributed by atoms with Crippen LogP contribution in [0.5, 0.6) is 11.5 Å². The molecule has 19 heavy (non-hydrogen) atoms. The maximum Gasteiger partial charge on any atom is 0.181 e. The van der Waals surface area contributed by atoms with Crippen molar-refractivity contribution in [2.45, 2.75) is 6.42 Å². The smallest absolute Gasteiger partial charge is 0.181 e. The number of benzene rings is 1. The zero-order valence-corrected chi connectivity index (χ0v) is 10.8. The Hall–Kier alpha value is -2.08. The summed E-state index contributed by atoms with van der Waals surface area (Å²) in [6, 6.07) is 5.74. The predicted molar refractivity (Wildman–Crippen MR) is 70.2 cm³/mol. The molecule has 2 aromatic rings. The molecule has 2 N–H and O–H groups in total. The second-order valence-corrected chi connectivity index (χ2v) is 4.37. The minimum Gasteiger partial charge on any atom is -0.486 e. The van der Waals surface area contributed by atoms with Crippen molar-refractivity contribution in [1.82, 2.24) is 14.8 Å². The van der Waals surface area contributed by atoms with Crippen molar-refractivity contribution in [2.75, 3.05) is 19.8 Å². The van der Waals surface area contributed by atoms with Crippen LogP contribution in [0.3, 0.4) is 0 Å². The van der Waals surface area contributed by atoms with Gasteiger partial charge in [0.15, 0.2) is 17.3 Å². The van der Waals surface area contributed by atoms with Crippen molar-refractivity contribution in [3.8, 4) is 22.9 Å². The molecule has 0 radical (unpaired) electrons. The first kappa shape index (κ1) is 12.0. The number of aromatic nitrogens is 3. The van der Waals surface area contributed by atoms with Gasteiger partial charge in [0.1, 0.15) is 19.0 Å². The third-order valence-electron chi connectivity index (χ3n) is 3.02. The molecular formula is C13H16N4O2. The molecule has 0 amide bonds. The molecule has 3 rings (SSSR count). The van der Waals surface area contributed by atoms with Gasteiger partial charge in [0, 0.05) is 19.0 Å². The Morgan fingerprint density at radius 2 is 2.05 bits per heavy atom. The van der Waals surface area contributed by atoms with E-state index in [0.29, 0.717) is 32.0 Å². The van der Waals surface area contributed by atoms with Crippen molar-refractivity contribution in [2.24, 2.45) is 12.8 Å². The van der Waals surface area contributed by atoms with E-state index in [1.54, 1.807) is 4.68 Å². The molecule has 0 saturated heterocycles. The van der Waals surface area contributed by atoms with Crippen LogP contribution >= 0.6 is 0 Å². The number of aryl methyl sites for hydroxylation is 1. The Balaban J connectivity index is 1.95. The molecule has 1 aliphatic rings. The summed E-state index contributed by atoms with van der Waals surface area (Å²) < 4.78 is 12.8. The molecule has 0 aliphatic carbocycles. The second kappa shape index (κ2) is 4.89. The van der Waals surface area contributed by atoms with Crippen molar-refractivity contribution in [3.05, 3.63) is 24.0 Å². The minimum absolute atomic E-state index is 0.563. The molecule has 2 heterocycles. The predicted octanol–water partition coefficient (Wildman–Crippen LogP) is 0.754. The van der Waals surface area contributed by atoms with Crippen molar-refractivity contribution in [3.63, 3.8) is 0 Å². The van der Waals surface area contributed by atoms with Gasteiger partial charge in [0.05, 0.1) is 0 Å². The second-order valence-electron chi connectivity index (χ2n) is 4.37. The van der Waals surface area contributed by atoms with E-state index in [0.717, 1.165) is 22.9 Å². The van der Waals surface area contributed by atoms with Gasteiger partial charge in [-0.1, -0.05) is 0 Å². The highest BCUT2D eigenvalue weighted by molar-refractivity contribution is 5.61. The van der Waals surface area contributed by atoms with Gasteiger partial charge in [-0.2, -0.15) is 5.10 Å². The lowest BCUT2D eigenvalue weighted by atomic mass is 10.2. The number of nitrogens with zero attached hydrogens (tertiary/aromatic N) is 3. The quantitative estimate of drug-likeness (QED) is 0.881. The summed E-state index contributed by atoms with van der Waals surface area (Å²) >= 11 is 0. The number of hydrogen-bond acceptors (Lipinski definition) is 5. The van der Waals surface area contributed by atoms with E-state index in [1.165, 1.54) is 0 Å². The maximum atomic E-state index is 5.56. The molecule has 100 valence electrons. The van der Waals surface area contributed by atoms with Gasteiger partial charge in [0.2, 0.25) is 0 Å². The Morgan fingerprint density at radius 3 is 2.84 bits per heavy atom. The standard InChI is InChI=1S/C13H16N4O2/c1-17-12(4-5-14)15-13(16-17)9-2-3-10-11(8-9)19-7-6-18-10/h2-3,8H,4-7,14H2,1H3. The van der Waals surface area contributed by atoms with Gasteiger partial charge in [0.25, 0.3) is 0 Å². The normalized spacial score (nSPS) is 13.6. The summed E-state index contributed by atoms with van der Waals surface area (Å²) in [5.74, 6) is 3.08. The van der Waals surface area contributed by atoms with Gasteiger partial charge < -0.3 is 15.2 Å². The number of nitrogens with two attached hydrogens (primary N) is 1. The number of hydrogen-bond donors (Lipinski definition) is 1. The summed E-state index contributed by atoms with van der Waals surface area (Å²) in [5.41, 5.74) is 6.47. The fourth-order valence-corrected chi connectivity index (χ4v) is 2.07. The molecule has 1 aromatic heterocycles. The molecule has 0 saturated carbocycles. The van der Waals surface area contributed by atoms with Crippen LogP contribution in [-0.2, 0) is 13.5 Å². The van der Waals surface area contributed by atoms with E-state index < -0.39 is 0 Å². The topological polar surface area (TPSA) is 75.2 Å². The van der Waals surface area contributed by atoms with E-state index in [4.69, 9.17) is 15.2 Å². The van der Waals surface area contributed by atoms with Gasteiger partial charge in [-0.05, 0) is 24.7 Å². The largest absolute Gasteiger partial charge is 0.486 e. The third kappa shape index (κ3) is 2.26. The highest BCUT2D eigenvalue weighted by Crippen LogP contribution is 2.33. The Labute approximate surface area is 111 Å². The molecule has 0 bridgehead atoms. The van der Waals surface area contributed by atoms with Gasteiger partial charge in [-0.3, -0.25) is 4.68 Å². The molecule has 0 fully saturated rings. The molecule has 1 aliphatic heterocycles. The monoisotopic (exact) mass is 260 g/mol. The fourth-order valence-electron chi connectivity index (χ4n) is 2.07. The van der Waals surface area contributed by atoms with Gasteiger partial charge in [-0.25, -0.2) is 4.98 Å². The van der Waals surface area contributed by atoms with Crippen LogP contribution in [0.2, 0.25) is 0 Å². The first-order valence-corrected chi connectivity index (χ1v) is 6.28. The maximum absolute atomic E-state index is 5.56. The fraction of sp³-hybridized carbons (Fsp3) is 0.385. The molecule has 6 nitrogen and oxygen atoms in total. The van der Waals surface area contributed by atoms with Crippen molar-refractivity contribution >= 4 is 0 Å². The molecular weight excluding hydrogens is 244 g/mol. The summed E-state index contributed by atoms with van der Waals surface area (Å²) in [7, 11) is 1.87. The Morgan fingerprint density at radius 1 is 1.26 bits per heavy atom. The zero-order chi connectivity index (χ0) is 13.2. The van der Waals surface area contributed by atoms with Crippen LogP contribution in [0.1, 0.15) is 5.82 Å². The summed E-state index contributed by atoms with van der Waals surface area (Å²) in [5, 5.41) is 4.40.